The third-order valence-electron chi connectivity index (χ3n) is 4.40. The minimum absolute atomic E-state index is 0. The Kier molecular flexibility index (Phi) is 9.30. The number of halogens is 1. The molecule has 2 amide bonds. The van der Waals surface area contributed by atoms with Crippen LogP contribution in [-0.2, 0) is 9.59 Å². The molecule has 0 fully saturated rings. The van der Waals surface area contributed by atoms with E-state index in [0.29, 0.717) is 17.4 Å². The van der Waals surface area contributed by atoms with Gasteiger partial charge in [0, 0.05) is 8.55 Å². The molecular weight excluding hydrogens is 417 g/mol. The number of carbonyl (C=O) groups is 2. The van der Waals surface area contributed by atoms with Crippen molar-refractivity contribution >= 4 is 35.1 Å². The van der Waals surface area contributed by atoms with Crippen LogP contribution in [0.15, 0.2) is 29.2 Å². The molecule has 8 heteroatoms. The van der Waals surface area contributed by atoms with Gasteiger partial charge in [0.05, 0.1) is 16.3 Å². The zero-order valence-electron chi connectivity index (χ0n) is 18.7. The molecule has 6 nitrogen and oxygen atoms in total. The molecular formula is C23H34FN3O3S. The van der Waals surface area contributed by atoms with Crippen molar-refractivity contribution in [3.8, 4) is 5.75 Å². The Labute approximate surface area is 190 Å². The van der Waals surface area contributed by atoms with Crippen molar-refractivity contribution in [1.29, 1.82) is 0 Å². The van der Waals surface area contributed by atoms with E-state index in [9.17, 15) is 14.0 Å². The van der Waals surface area contributed by atoms with E-state index in [1.807, 2.05) is 12.1 Å². The first-order chi connectivity index (χ1) is 14.7. The summed E-state index contributed by atoms with van der Waals surface area (Å²) in [6.07, 6.45) is 2.64. The van der Waals surface area contributed by atoms with Gasteiger partial charge in [-0.2, -0.15) is 0 Å². The number of pyridine rings is 1. The SMILES string of the molecule is CC(C)c1ccc2c(n1)NC(=O)CS2.CCCC.Cc1cc(F)c2c(c1)NC(=O)CO2.[HH].[HH]. The summed E-state index contributed by atoms with van der Waals surface area (Å²) in [6.45, 7) is 10.2. The van der Waals surface area contributed by atoms with E-state index >= 15 is 0 Å². The van der Waals surface area contributed by atoms with Gasteiger partial charge in [0.1, 0.15) is 5.82 Å². The van der Waals surface area contributed by atoms with Crippen LogP contribution in [0, 0.1) is 12.7 Å². The van der Waals surface area contributed by atoms with Gasteiger partial charge in [-0.05, 0) is 42.7 Å². The number of thioether (sulfide) groups is 1. The smallest absolute Gasteiger partial charge is 0.262 e. The summed E-state index contributed by atoms with van der Waals surface area (Å²) >= 11 is 1.54. The number of aromatic nitrogens is 1. The summed E-state index contributed by atoms with van der Waals surface area (Å²) in [6, 6.07) is 7.10. The second kappa shape index (κ2) is 11.7. The fourth-order valence-corrected chi connectivity index (χ4v) is 3.35. The lowest BCUT2D eigenvalue weighted by molar-refractivity contribution is -0.118. The molecule has 0 bridgehead atoms. The van der Waals surface area contributed by atoms with E-state index in [1.165, 1.54) is 18.9 Å². The van der Waals surface area contributed by atoms with Gasteiger partial charge in [0.25, 0.3) is 5.91 Å². The van der Waals surface area contributed by atoms with Crippen LogP contribution in [-0.4, -0.2) is 29.2 Å². The number of nitrogens with one attached hydrogen (secondary N) is 2. The highest BCUT2D eigenvalue weighted by Gasteiger charge is 2.19. The number of benzene rings is 1. The molecule has 2 aromatic rings. The average molecular weight is 452 g/mol. The summed E-state index contributed by atoms with van der Waals surface area (Å²) in [5.74, 6) is 1.09. The van der Waals surface area contributed by atoms with Crippen molar-refractivity contribution in [2.45, 2.75) is 58.3 Å². The Bertz CT molecular complexity index is 943. The van der Waals surface area contributed by atoms with E-state index in [0.717, 1.165) is 22.0 Å². The number of carbonyl (C=O) groups excluding carboxylic acids is 2. The molecule has 0 saturated heterocycles. The van der Waals surface area contributed by atoms with E-state index in [-0.39, 0.29) is 27.0 Å². The topological polar surface area (TPSA) is 80.3 Å². The second-order valence-electron chi connectivity index (χ2n) is 7.53. The Morgan fingerprint density at radius 1 is 1.16 bits per heavy atom. The molecule has 1 aromatic carbocycles. The van der Waals surface area contributed by atoms with Gasteiger partial charge in [-0.3, -0.25) is 9.59 Å². The Hall–Kier alpha value is -2.61. The summed E-state index contributed by atoms with van der Waals surface area (Å²) < 4.78 is 18.1. The normalized spacial score (nSPS) is 13.9. The summed E-state index contributed by atoms with van der Waals surface area (Å²) in [5, 5.41) is 5.32. The molecule has 2 aliphatic heterocycles. The minimum atomic E-state index is -0.435. The lowest BCUT2D eigenvalue weighted by atomic mass is 10.1. The molecule has 4 rings (SSSR count). The number of ether oxygens (including phenoxy) is 1. The van der Waals surface area contributed by atoms with Crippen LogP contribution in [0.4, 0.5) is 15.9 Å². The molecule has 2 aliphatic rings. The van der Waals surface area contributed by atoms with Crippen LogP contribution < -0.4 is 15.4 Å². The standard InChI is InChI=1S/C10H12N2OS.C9H8FNO2.C4H10.2H2/c1-6(2)7-3-4-8-10(11-7)12-9(13)5-14-8;1-5-2-6(10)9-7(3-5)11-8(12)4-13-9;1-3-4-2;;/h3-4,6H,5H2,1-2H3,(H,11,12,13);2-3H,4H2,1H3,(H,11,12);3-4H2,1-2H3;2*1H. The fraction of sp³-hybridized carbons (Fsp3) is 0.435. The van der Waals surface area contributed by atoms with E-state index < -0.39 is 5.82 Å². The monoisotopic (exact) mass is 451 g/mol. The van der Waals surface area contributed by atoms with Gasteiger partial charge < -0.3 is 15.4 Å². The van der Waals surface area contributed by atoms with Crippen molar-refractivity contribution in [3.05, 3.63) is 41.3 Å². The number of hydrogen-bond donors (Lipinski definition) is 2. The lowest BCUT2D eigenvalue weighted by Crippen LogP contribution is -2.26. The van der Waals surface area contributed by atoms with Crippen molar-refractivity contribution in [3.63, 3.8) is 0 Å². The number of aryl methyl sites for hydroxylation is 1. The highest BCUT2D eigenvalue weighted by molar-refractivity contribution is 8.00. The third-order valence-corrected chi connectivity index (χ3v) is 5.44. The Morgan fingerprint density at radius 3 is 2.52 bits per heavy atom. The molecule has 0 unspecified atom stereocenters. The molecule has 0 aliphatic carbocycles. The van der Waals surface area contributed by atoms with Crippen molar-refractivity contribution < 1.29 is 21.6 Å². The average Bonchev–Trinajstić information content (AvgIpc) is 2.73. The first-order valence-corrected chi connectivity index (χ1v) is 11.4. The molecule has 31 heavy (non-hydrogen) atoms. The van der Waals surface area contributed by atoms with Crippen LogP contribution in [0.1, 0.15) is 60.6 Å². The van der Waals surface area contributed by atoms with Gasteiger partial charge in [0.15, 0.2) is 18.2 Å². The van der Waals surface area contributed by atoms with Crippen LogP contribution in [0.2, 0.25) is 0 Å². The van der Waals surface area contributed by atoms with Gasteiger partial charge in [-0.15, -0.1) is 11.8 Å². The number of fused-ring (bicyclic) bond motifs is 2. The predicted octanol–water partition coefficient (Wildman–Crippen LogP) is 6.01. The maximum absolute atomic E-state index is 13.2. The highest BCUT2D eigenvalue weighted by atomic mass is 32.2. The summed E-state index contributed by atoms with van der Waals surface area (Å²) in [7, 11) is 0. The van der Waals surface area contributed by atoms with E-state index in [2.05, 4.69) is 43.3 Å². The first-order valence-electron chi connectivity index (χ1n) is 10.4. The highest BCUT2D eigenvalue weighted by Crippen LogP contribution is 2.32. The van der Waals surface area contributed by atoms with Gasteiger partial charge in [0.2, 0.25) is 5.91 Å². The molecule has 172 valence electrons. The van der Waals surface area contributed by atoms with Crippen LogP contribution in [0.3, 0.4) is 0 Å². The summed E-state index contributed by atoms with van der Waals surface area (Å²) in [5.41, 5.74) is 2.18. The van der Waals surface area contributed by atoms with Crippen molar-refractivity contribution in [2.75, 3.05) is 23.0 Å². The van der Waals surface area contributed by atoms with Crippen LogP contribution >= 0.6 is 11.8 Å². The molecule has 3 heterocycles. The summed E-state index contributed by atoms with van der Waals surface area (Å²) in [4.78, 5) is 27.5. The molecule has 2 N–H and O–H groups in total. The zero-order chi connectivity index (χ0) is 23.0. The third kappa shape index (κ3) is 7.24. The number of anilines is 2. The predicted molar refractivity (Wildman–Crippen MR) is 128 cm³/mol. The first kappa shape index (κ1) is 24.7. The lowest BCUT2D eigenvalue weighted by Gasteiger charge is -2.18. The maximum Gasteiger partial charge on any atom is 0.262 e. The molecule has 0 spiro atoms. The Morgan fingerprint density at radius 2 is 1.87 bits per heavy atom. The number of rotatable bonds is 2. The minimum Gasteiger partial charge on any atom is -0.478 e. The van der Waals surface area contributed by atoms with Gasteiger partial charge in [-0.1, -0.05) is 40.5 Å². The van der Waals surface area contributed by atoms with E-state index in [1.54, 1.807) is 24.8 Å². The Balaban J connectivity index is 0.000000510. The molecule has 0 atom stereocenters. The number of hydrogen-bond acceptors (Lipinski definition) is 5. The van der Waals surface area contributed by atoms with Crippen molar-refractivity contribution in [2.24, 2.45) is 0 Å². The number of amides is 2. The second-order valence-corrected chi connectivity index (χ2v) is 8.55. The largest absolute Gasteiger partial charge is 0.478 e. The molecule has 0 radical (unpaired) electrons. The van der Waals surface area contributed by atoms with Crippen LogP contribution in [0.25, 0.3) is 0 Å². The molecule has 0 saturated carbocycles. The van der Waals surface area contributed by atoms with Crippen molar-refractivity contribution in [1.82, 2.24) is 4.98 Å². The van der Waals surface area contributed by atoms with Gasteiger partial charge >= 0.3 is 0 Å². The maximum atomic E-state index is 13.2. The van der Waals surface area contributed by atoms with Gasteiger partial charge in [-0.25, -0.2) is 9.37 Å². The number of unbranched alkanes of at least 4 members (excludes halogenated alkanes) is 1. The van der Waals surface area contributed by atoms with Crippen LogP contribution in [0.5, 0.6) is 5.75 Å². The number of nitrogens with zero attached hydrogens (tertiary/aromatic N) is 1. The zero-order valence-corrected chi connectivity index (χ0v) is 19.5. The quantitative estimate of drug-likeness (QED) is 0.584. The fourth-order valence-electron chi connectivity index (χ4n) is 2.59. The molecule has 1 aromatic heterocycles. The van der Waals surface area contributed by atoms with E-state index in [4.69, 9.17) is 4.74 Å².